The normalized spacial score (nSPS) is 14.4. The molecule has 1 aliphatic heterocycles. The topological polar surface area (TPSA) is 132 Å². The Morgan fingerprint density at radius 2 is 0.804 bits per heavy atom. The van der Waals surface area contributed by atoms with Gasteiger partial charge in [-0.3, -0.25) is 19.2 Å². The molecule has 10 heteroatoms. The molecule has 0 aromatic rings. The minimum Gasteiger partial charge on any atom is -0.462 e. The molecule has 0 amide bonds. The van der Waals surface area contributed by atoms with Gasteiger partial charge in [0, 0.05) is 25.7 Å². The van der Waals surface area contributed by atoms with E-state index < -0.39 is 54.4 Å². The van der Waals surface area contributed by atoms with Crippen LogP contribution in [0.4, 0.5) is 0 Å². The van der Waals surface area contributed by atoms with Crippen LogP contribution >= 0.6 is 0 Å². The van der Waals surface area contributed by atoms with E-state index >= 15 is 0 Å². The molecule has 2 atom stereocenters. The van der Waals surface area contributed by atoms with Crippen LogP contribution < -0.4 is 0 Å². The second-order valence-electron chi connectivity index (χ2n) is 15.7. The van der Waals surface area contributed by atoms with Crippen molar-refractivity contribution in [3.63, 3.8) is 0 Å². The Hall–Kier alpha value is -2.91. The Labute approximate surface area is 340 Å². The summed E-state index contributed by atoms with van der Waals surface area (Å²) in [6.07, 6.45) is 26.4. The van der Waals surface area contributed by atoms with Crippen molar-refractivity contribution in [2.24, 2.45) is 0 Å². The number of hydrogen-bond acceptors (Lipinski definition) is 10. The average Bonchev–Trinajstić information content (AvgIpc) is 3.47. The molecule has 0 spiro atoms. The number of cyclic esters (lactones) is 1. The van der Waals surface area contributed by atoms with Crippen molar-refractivity contribution in [2.45, 2.75) is 245 Å². The summed E-state index contributed by atoms with van der Waals surface area (Å²) >= 11 is 0. The van der Waals surface area contributed by atoms with Crippen molar-refractivity contribution >= 4 is 29.8 Å². The Kier molecular flexibility index (Phi) is 32.2. The monoisotopic (exact) mass is 793 g/mol. The molecule has 0 N–H and O–H groups in total. The molecule has 56 heavy (non-hydrogen) atoms. The first-order valence-electron chi connectivity index (χ1n) is 23.0. The highest BCUT2D eigenvalue weighted by Crippen LogP contribution is 2.31. The van der Waals surface area contributed by atoms with E-state index in [1.807, 2.05) is 0 Å². The van der Waals surface area contributed by atoms with Crippen LogP contribution in [0.5, 0.6) is 0 Å². The third-order valence-corrected chi connectivity index (χ3v) is 10.3. The number of esters is 5. The fourth-order valence-corrected chi connectivity index (χ4v) is 6.80. The first-order valence-corrected chi connectivity index (χ1v) is 23.0. The van der Waals surface area contributed by atoms with Crippen LogP contribution in [0, 0.1) is 0 Å². The predicted octanol–water partition coefficient (Wildman–Crippen LogP) is 12.2. The second-order valence-corrected chi connectivity index (χ2v) is 15.7. The largest absolute Gasteiger partial charge is 0.462 e. The van der Waals surface area contributed by atoms with Gasteiger partial charge in [0.1, 0.15) is 6.61 Å². The molecule has 0 bridgehead atoms. The van der Waals surface area contributed by atoms with E-state index in [0.29, 0.717) is 25.7 Å². The minimum absolute atomic E-state index is 0.0849. The number of carbonyl (C=O) groups is 5. The van der Waals surface area contributed by atoms with Crippen molar-refractivity contribution in [3.05, 3.63) is 11.5 Å². The van der Waals surface area contributed by atoms with Gasteiger partial charge in [0.2, 0.25) is 11.9 Å². The second kappa shape index (κ2) is 35.3. The number of unbranched alkanes of at least 4 members (excludes halogenated alkanes) is 24. The summed E-state index contributed by atoms with van der Waals surface area (Å²) in [7, 11) is 0. The smallest absolute Gasteiger partial charge is 0.379 e. The molecule has 1 rings (SSSR count). The first-order chi connectivity index (χ1) is 27.3. The first kappa shape index (κ1) is 51.1. The lowest BCUT2D eigenvalue weighted by molar-refractivity contribution is -0.172. The maximum atomic E-state index is 13.3. The third kappa shape index (κ3) is 26.1. The highest BCUT2D eigenvalue weighted by atomic mass is 16.7. The highest BCUT2D eigenvalue weighted by molar-refractivity contribution is 5.93. The minimum atomic E-state index is -1.42. The van der Waals surface area contributed by atoms with Gasteiger partial charge in [0.15, 0.2) is 6.10 Å². The van der Waals surface area contributed by atoms with E-state index in [1.54, 1.807) is 0 Å². The summed E-state index contributed by atoms with van der Waals surface area (Å²) in [5.74, 6) is -4.07. The SMILES string of the molecule is CCCCCCCCCC(=O)OC[C@H](OC(=O)CCCCCCCCC)[C@H]1OC(=O)C(OC(=O)CCCCCCCCC)=C1OC(=O)CCCCCCCCC. The molecule has 0 aliphatic carbocycles. The zero-order valence-corrected chi connectivity index (χ0v) is 36.1. The van der Waals surface area contributed by atoms with Crippen LogP contribution in [-0.2, 0) is 47.7 Å². The molecule has 0 saturated heterocycles. The average molecular weight is 793 g/mol. The molecule has 0 aromatic heterocycles. The van der Waals surface area contributed by atoms with Gasteiger partial charge in [-0.05, 0) is 25.7 Å². The predicted molar refractivity (Wildman–Crippen MR) is 220 cm³/mol. The zero-order chi connectivity index (χ0) is 41.1. The summed E-state index contributed by atoms with van der Waals surface area (Å²) in [6.45, 7) is 8.27. The molecule has 0 radical (unpaired) electrons. The quantitative estimate of drug-likeness (QED) is 0.0338. The third-order valence-electron chi connectivity index (χ3n) is 10.3. The van der Waals surface area contributed by atoms with Crippen LogP contribution in [-0.4, -0.2) is 48.7 Å². The lowest BCUT2D eigenvalue weighted by Gasteiger charge is -2.24. The van der Waals surface area contributed by atoms with Gasteiger partial charge in [-0.25, -0.2) is 4.79 Å². The fraction of sp³-hybridized carbons (Fsp3) is 0.848. The molecule has 10 nitrogen and oxygen atoms in total. The zero-order valence-electron chi connectivity index (χ0n) is 36.1. The van der Waals surface area contributed by atoms with E-state index in [-0.39, 0.29) is 31.4 Å². The Balaban J connectivity index is 3.10. The molecule has 324 valence electrons. The summed E-state index contributed by atoms with van der Waals surface area (Å²) in [5, 5.41) is 0. The highest BCUT2D eigenvalue weighted by Gasteiger charge is 2.46. The number of ether oxygens (including phenoxy) is 5. The van der Waals surface area contributed by atoms with Crippen molar-refractivity contribution in [1.29, 1.82) is 0 Å². The lowest BCUT2D eigenvalue weighted by atomic mass is 10.1. The van der Waals surface area contributed by atoms with Crippen molar-refractivity contribution < 1.29 is 47.7 Å². The van der Waals surface area contributed by atoms with Crippen LogP contribution in [0.25, 0.3) is 0 Å². The molecular formula is C46H80O10. The van der Waals surface area contributed by atoms with E-state index in [9.17, 15) is 24.0 Å². The van der Waals surface area contributed by atoms with Crippen molar-refractivity contribution in [2.75, 3.05) is 6.61 Å². The number of hydrogen-bond donors (Lipinski definition) is 0. The molecule has 0 unspecified atom stereocenters. The Morgan fingerprint density at radius 1 is 0.464 bits per heavy atom. The van der Waals surface area contributed by atoms with Gasteiger partial charge in [0.05, 0.1) is 0 Å². The van der Waals surface area contributed by atoms with Gasteiger partial charge in [-0.1, -0.05) is 182 Å². The lowest BCUT2D eigenvalue weighted by Crippen LogP contribution is -2.38. The van der Waals surface area contributed by atoms with Crippen LogP contribution in [0.2, 0.25) is 0 Å². The van der Waals surface area contributed by atoms with Crippen LogP contribution in [0.15, 0.2) is 11.5 Å². The maximum Gasteiger partial charge on any atom is 0.379 e. The maximum absolute atomic E-state index is 13.3. The molecule has 0 aromatic carbocycles. The van der Waals surface area contributed by atoms with E-state index in [1.165, 1.54) is 44.9 Å². The molecule has 0 saturated carbocycles. The van der Waals surface area contributed by atoms with Gasteiger partial charge in [-0.2, -0.15) is 0 Å². The van der Waals surface area contributed by atoms with Gasteiger partial charge < -0.3 is 23.7 Å². The summed E-state index contributed by atoms with van der Waals surface area (Å²) in [6, 6.07) is 0. The van der Waals surface area contributed by atoms with E-state index in [4.69, 9.17) is 23.7 Å². The molecule has 1 aliphatic rings. The Bertz CT molecular complexity index is 1100. The Morgan fingerprint density at radius 3 is 1.21 bits per heavy atom. The molecular weight excluding hydrogens is 712 g/mol. The molecule has 0 fully saturated rings. The van der Waals surface area contributed by atoms with Crippen LogP contribution in [0.1, 0.15) is 233 Å². The summed E-state index contributed by atoms with van der Waals surface area (Å²) < 4.78 is 28.3. The van der Waals surface area contributed by atoms with E-state index in [0.717, 1.165) is 109 Å². The number of rotatable bonds is 38. The molecule has 1 heterocycles. The van der Waals surface area contributed by atoms with Gasteiger partial charge in [-0.15, -0.1) is 0 Å². The van der Waals surface area contributed by atoms with Crippen molar-refractivity contribution in [1.82, 2.24) is 0 Å². The number of carbonyl (C=O) groups excluding carboxylic acids is 5. The fourth-order valence-electron chi connectivity index (χ4n) is 6.80. The van der Waals surface area contributed by atoms with Gasteiger partial charge in [0.25, 0.3) is 5.76 Å². The summed E-state index contributed by atoms with van der Waals surface area (Å²) in [4.78, 5) is 65.4. The van der Waals surface area contributed by atoms with Crippen LogP contribution in [0.3, 0.4) is 0 Å². The summed E-state index contributed by atoms with van der Waals surface area (Å²) in [5.41, 5.74) is 0. The standard InChI is InChI=1S/C46H80O10/c1-5-9-13-17-21-25-29-33-39(47)52-37-38(53-40(48)34-30-26-22-18-14-10-6-2)43-44(54-41(49)35-31-27-23-19-15-11-7-3)45(46(51)56-43)55-42(50)36-32-28-24-20-16-12-8-4/h38,43H,5-37H2,1-4H3/t38-,43+/m0/s1. The van der Waals surface area contributed by atoms with E-state index in [2.05, 4.69) is 27.7 Å². The van der Waals surface area contributed by atoms with Gasteiger partial charge >= 0.3 is 29.8 Å². The van der Waals surface area contributed by atoms with Crippen molar-refractivity contribution in [3.8, 4) is 0 Å².